The van der Waals surface area contributed by atoms with Crippen LogP contribution in [-0.2, 0) is 15.3 Å². The second-order valence-electron chi connectivity index (χ2n) is 5.98. The van der Waals surface area contributed by atoms with E-state index in [1.807, 2.05) is 36.4 Å². The van der Waals surface area contributed by atoms with Crippen molar-refractivity contribution in [3.8, 4) is 0 Å². The molecule has 3 aromatic rings. The summed E-state index contributed by atoms with van der Waals surface area (Å²) in [6.07, 6.45) is 0.793. The van der Waals surface area contributed by atoms with Gasteiger partial charge in [0.25, 0.3) is 0 Å². The smallest absolute Gasteiger partial charge is 0.235 e. The lowest BCUT2D eigenvalue weighted by Gasteiger charge is -2.18. The molecular formula is C19H16N2O3S. The Bertz CT molecular complexity index is 936. The van der Waals surface area contributed by atoms with Gasteiger partial charge in [0.2, 0.25) is 11.8 Å². The molecule has 4 rings (SSSR count). The van der Waals surface area contributed by atoms with Crippen molar-refractivity contribution < 1.29 is 14.1 Å². The van der Waals surface area contributed by atoms with Crippen molar-refractivity contribution in [2.75, 3.05) is 0 Å². The first kappa shape index (κ1) is 15.9. The Balaban J connectivity index is 1.62. The molecule has 126 valence electrons. The van der Waals surface area contributed by atoms with Crippen LogP contribution in [0.15, 0.2) is 57.9 Å². The Kier molecular flexibility index (Phi) is 4.28. The maximum Gasteiger partial charge on any atom is 0.235 e. The number of hydrogen-bond acceptors (Lipinski definition) is 5. The van der Waals surface area contributed by atoms with Crippen LogP contribution in [0.1, 0.15) is 30.0 Å². The summed E-state index contributed by atoms with van der Waals surface area (Å²) in [7, 11) is 0. The Morgan fingerprint density at radius 2 is 1.96 bits per heavy atom. The van der Waals surface area contributed by atoms with E-state index in [4.69, 9.17) is 4.52 Å². The lowest BCUT2D eigenvalue weighted by Crippen LogP contribution is -2.39. The van der Waals surface area contributed by atoms with E-state index in [0.29, 0.717) is 24.1 Å². The van der Waals surface area contributed by atoms with Gasteiger partial charge in [-0.1, -0.05) is 41.6 Å². The van der Waals surface area contributed by atoms with E-state index < -0.39 is 5.92 Å². The minimum atomic E-state index is -0.437. The highest BCUT2D eigenvalue weighted by Gasteiger charge is 2.32. The normalized spacial score (nSPS) is 17.7. The number of para-hydroxylation sites is 1. The average Bonchev–Trinajstić information content (AvgIpc) is 3.05. The SMILES string of the molecule is O=C1CCC(c2noc3c(SCc4ccccc4)cccc23)C(=O)N1. The maximum absolute atomic E-state index is 12.1. The molecule has 1 aromatic heterocycles. The molecule has 0 aliphatic carbocycles. The largest absolute Gasteiger partial charge is 0.355 e. The molecule has 2 aromatic carbocycles. The van der Waals surface area contributed by atoms with Gasteiger partial charge >= 0.3 is 0 Å². The molecule has 1 atom stereocenters. The predicted molar refractivity (Wildman–Crippen MR) is 95.1 cm³/mol. The summed E-state index contributed by atoms with van der Waals surface area (Å²) in [5.74, 6) is -0.135. The fourth-order valence-corrected chi connectivity index (χ4v) is 3.98. The molecule has 0 saturated carbocycles. The second kappa shape index (κ2) is 6.72. The number of carbonyl (C=O) groups excluding carboxylic acids is 2. The van der Waals surface area contributed by atoms with Gasteiger partial charge in [-0.2, -0.15) is 0 Å². The summed E-state index contributed by atoms with van der Waals surface area (Å²) in [4.78, 5) is 24.5. The monoisotopic (exact) mass is 352 g/mol. The lowest BCUT2D eigenvalue weighted by atomic mass is 9.93. The van der Waals surface area contributed by atoms with E-state index in [1.165, 1.54) is 5.56 Å². The van der Waals surface area contributed by atoms with Crippen molar-refractivity contribution >= 4 is 34.5 Å². The number of nitrogens with one attached hydrogen (secondary N) is 1. The highest BCUT2D eigenvalue weighted by molar-refractivity contribution is 7.98. The van der Waals surface area contributed by atoms with E-state index in [9.17, 15) is 9.59 Å². The first-order valence-corrected chi connectivity index (χ1v) is 9.09. The zero-order chi connectivity index (χ0) is 17.2. The molecule has 1 unspecified atom stereocenters. The highest BCUT2D eigenvalue weighted by atomic mass is 32.2. The number of imide groups is 1. The third-order valence-electron chi connectivity index (χ3n) is 4.30. The summed E-state index contributed by atoms with van der Waals surface area (Å²) < 4.78 is 5.56. The number of hydrogen-bond donors (Lipinski definition) is 1. The van der Waals surface area contributed by atoms with Crippen LogP contribution in [0.5, 0.6) is 0 Å². The van der Waals surface area contributed by atoms with E-state index >= 15 is 0 Å². The molecule has 5 nitrogen and oxygen atoms in total. The van der Waals surface area contributed by atoms with E-state index in [2.05, 4.69) is 22.6 Å². The molecule has 2 heterocycles. The first-order valence-electron chi connectivity index (χ1n) is 8.11. The van der Waals surface area contributed by atoms with Crippen LogP contribution >= 0.6 is 11.8 Å². The number of thioether (sulfide) groups is 1. The quantitative estimate of drug-likeness (QED) is 0.573. The molecule has 1 saturated heterocycles. The number of aromatic nitrogens is 1. The molecule has 1 fully saturated rings. The van der Waals surface area contributed by atoms with Gasteiger partial charge < -0.3 is 4.52 Å². The number of nitrogens with zero attached hydrogens (tertiary/aromatic N) is 1. The lowest BCUT2D eigenvalue weighted by molar-refractivity contribution is -0.134. The third-order valence-corrected chi connectivity index (χ3v) is 5.41. The molecule has 0 bridgehead atoms. The maximum atomic E-state index is 12.1. The summed E-state index contributed by atoms with van der Waals surface area (Å²) in [5.41, 5.74) is 2.54. The van der Waals surface area contributed by atoms with Gasteiger partial charge in [0, 0.05) is 17.6 Å². The fraction of sp³-hybridized carbons (Fsp3) is 0.211. The number of rotatable bonds is 4. The number of fused-ring (bicyclic) bond motifs is 1. The molecular weight excluding hydrogens is 336 g/mol. The van der Waals surface area contributed by atoms with Gasteiger partial charge in [0.05, 0.1) is 10.8 Å². The van der Waals surface area contributed by atoms with Crippen LogP contribution in [0.2, 0.25) is 0 Å². The third kappa shape index (κ3) is 3.17. The fourth-order valence-electron chi connectivity index (χ4n) is 3.01. The standard InChI is InChI=1S/C19H16N2O3S/c22-16-10-9-14(19(23)20-16)17-13-7-4-8-15(18(13)24-21-17)25-11-12-5-2-1-3-6-12/h1-8,14H,9-11H2,(H,20,22,23). The predicted octanol–water partition coefficient (Wildman–Crippen LogP) is 3.64. The number of carbonyl (C=O) groups is 2. The average molecular weight is 352 g/mol. The van der Waals surface area contributed by atoms with Gasteiger partial charge in [-0.3, -0.25) is 14.9 Å². The number of piperidine rings is 1. The van der Waals surface area contributed by atoms with Crippen molar-refractivity contribution in [1.29, 1.82) is 0 Å². The first-order chi connectivity index (χ1) is 12.2. The Hall–Kier alpha value is -2.60. The summed E-state index contributed by atoms with van der Waals surface area (Å²) in [6.45, 7) is 0. The summed E-state index contributed by atoms with van der Waals surface area (Å²) in [6, 6.07) is 16.1. The van der Waals surface area contributed by atoms with Crippen LogP contribution in [0.3, 0.4) is 0 Å². The van der Waals surface area contributed by atoms with Gasteiger partial charge in [-0.05, 0) is 24.1 Å². The van der Waals surface area contributed by atoms with Crippen LogP contribution in [-0.4, -0.2) is 17.0 Å². The number of amides is 2. The minimum absolute atomic E-state index is 0.229. The van der Waals surface area contributed by atoms with E-state index in [-0.39, 0.29) is 11.8 Å². The Labute approximate surface area is 148 Å². The van der Waals surface area contributed by atoms with Gasteiger partial charge in [0.1, 0.15) is 5.69 Å². The molecule has 1 N–H and O–H groups in total. The van der Waals surface area contributed by atoms with Gasteiger partial charge in [-0.15, -0.1) is 11.8 Å². The van der Waals surface area contributed by atoms with Crippen molar-refractivity contribution in [1.82, 2.24) is 10.5 Å². The van der Waals surface area contributed by atoms with Crippen LogP contribution in [0, 0.1) is 0 Å². The van der Waals surface area contributed by atoms with Crippen molar-refractivity contribution in [2.24, 2.45) is 0 Å². The van der Waals surface area contributed by atoms with Crippen LogP contribution < -0.4 is 5.32 Å². The van der Waals surface area contributed by atoms with Crippen molar-refractivity contribution in [2.45, 2.75) is 29.4 Å². The number of benzene rings is 2. The minimum Gasteiger partial charge on any atom is -0.355 e. The Morgan fingerprint density at radius 1 is 1.12 bits per heavy atom. The molecule has 0 spiro atoms. The summed E-state index contributed by atoms with van der Waals surface area (Å²) >= 11 is 1.68. The topological polar surface area (TPSA) is 72.2 Å². The van der Waals surface area contributed by atoms with Crippen LogP contribution in [0.4, 0.5) is 0 Å². The zero-order valence-electron chi connectivity index (χ0n) is 13.4. The van der Waals surface area contributed by atoms with Crippen molar-refractivity contribution in [3.63, 3.8) is 0 Å². The molecule has 2 amide bonds. The van der Waals surface area contributed by atoms with Crippen molar-refractivity contribution in [3.05, 3.63) is 59.8 Å². The van der Waals surface area contributed by atoms with Crippen LogP contribution in [0.25, 0.3) is 11.0 Å². The molecule has 1 aliphatic rings. The molecule has 6 heteroatoms. The van der Waals surface area contributed by atoms with E-state index in [1.54, 1.807) is 11.8 Å². The molecule has 1 aliphatic heterocycles. The zero-order valence-corrected chi connectivity index (χ0v) is 14.2. The molecule has 25 heavy (non-hydrogen) atoms. The Morgan fingerprint density at radius 3 is 2.76 bits per heavy atom. The molecule has 0 radical (unpaired) electrons. The summed E-state index contributed by atoms with van der Waals surface area (Å²) in [5, 5.41) is 7.37. The van der Waals surface area contributed by atoms with E-state index in [0.717, 1.165) is 16.0 Å². The van der Waals surface area contributed by atoms with Gasteiger partial charge in [0.15, 0.2) is 5.58 Å². The van der Waals surface area contributed by atoms with Gasteiger partial charge in [-0.25, -0.2) is 0 Å². The highest BCUT2D eigenvalue weighted by Crippen LogP contribution is 2.35. The second-order valence-corrected chi connectivity index (χ2v) is 7.00.